The predicted octanol–water partition coefficient (Wildman–Crippen LogP) is 1.80. The number of hydrogen-bond acceptors (Lipinski definition) is 7. The van der Waals surface area contributed by atoms with Gasteiger partial charge in [0.25, 0.3) is 11.6 Å². The molecule has 23 heavy (non-hydrogen) atoms. The molecule has 2 aromatic rings. The van der Waals surface area contributed by atoms with Crippen LogP contribution in [-0.2, 0) is 7.05 Å². The molecule has 0 aliphatic heterocycles. The van der Waals surface area contributed by atoms with Gasteiger partial charge in [0.05, 0.1) is 10.5 Å². The molecule has 1 aromatic heterocycles. The van der Waals surface area contributed by atoms with Gasteiger partial charge < -0.3 is 5.32 Å². The zero-order chi connectivity index (χ0) is 17.2. The zero-order valence-corrected chi connectivity index (χ0v) is 13.9. The van der Waals surface area contributed by atoms with E-state index >= 15 is 0 Å². The Bertz CT molecular complexity index is 752. The molecule has 122 valence electrons. The lowest BCUT2D eigenvalue weighted by Crippen LogP contribution is -2.40. The number of rotatable bonds is 4. The van der Waals surface area contributed by atoms with Crippen molar-refractivity contribution in [2.75, 3.05) is 0 Å². The molecule has 0 aliphatic rings. The maximum absolute atomic E-state index is 12.5. The normalized spacial score (nSPS) is 11.3. The zero-order valence-electron chi connectivity index (χ0n) is 13.1. The molecule has 0 bridgehead atoms. The second-order valence-electron chi connectivity index (χ2n) is 5.83. The molecule has 0 saturated heterocycles. The van der Waals surface area contributed by atoms with Crippen molar-refractivity contribution in [3.05, 3.63) is 33.9 Å². The van der Waals surface area contributed by atoms with Crippen LogP contribution in [0.25, 0.3) is 0 Å². The Morgan fingerprint density at radius 1 is 1.39 bits per heavy atom. The van der Waals surface area contributed by atoms with Gasteiger partial charge in [0.1, 0.15) is 0 Å². The van der Waals surface area contributed by atoms with E-state index in [1.807, 2.05) is 20.8 Å². The first-order valence-corrected chi connectivity index (χ1v) is 7.50. The summed E-state index contributed by atoms with van der Waals surface area (Å²) in [6.45, 7) is 5.50. The molecule has 0 spiro atoms. The first-order chi connectivity index (χ1) is 10.7. The fourth-order valence-electron chi connectivity index (χ4n) is 1.71. The first-order valence-electron chi connectivity index (χ1n) is 6.68. The summed E-state index contributed by atoms with van der Waals surface area (Å²) in [6.07, 6.45) is 0. The molecule has 10 heteroatoms. The lowest BCUT2D eigenvalue weighted by atomic mass is 10.1. The van der Waals surface area contributed by atoms with E-state index in [1.54, 1.807) is 7.05 Å². The maximum Gasteiger partial charge on any atom is 0.270 e. The number of aromatic nitrogens is 4. The van der Waals surface area contributed by atoms with E-state index in [4.69, 9.17) is 0 Å². The molecule has 0 fully saturated rings. The van der Waals surface area contributed by atoms with Crippen LogP contribution in [0.15, 0.2) is 28.3 Å². The summed E-state index contributed by atoms with van der Waals surface area (Å²) >= 11 is 1.17. The Kier molecular flexibility index (Phi) is 4.64. The van der Waals surface area contributed by atoms with Gasteiger partial charge in [0.15, 0.2) is 0 Å². The van der Waals surface area contributed by atoms with Crippen molar-refractivity contribution in [3.63, 3.8) is 0 Å². The van der Waals surface area contributed by atoms with Crippen molar-refractivity contribution < 1.29 is 9.72 Å². The van der Waals surface area contributed by atoms with Gasteiger partial charge in [-0.05, 0) is 49.0 Å². The highest BCUT2D eigenvalue weighted by Crippen LogP contribution is 2.31. The van der Waals surface area contributed by atoms with Gasteiger partial charge in [-0.25, -0.2) is 4.68 Å². The minimum absolute atomic E-state index is 0.149. The first kappa shape index (κ1) is 16.9. The number of non-ortho nitro benzene ring substituents is 1. The van der Waals surface area contributed by atoms with E-state index in [0.717, 1.165) is 0 Å². The fraction of sp³-hybridized carbons (Fsp3) is 0.385. The summed E-state index contributed by atoms with van der Waals surface area (Å²) in [6, 6.07) is 4.13. The van der Waals surface area contributed by atoms with Crippen molar-refractivity contribution in [3.8, 4) is 0 Å². The van der Waals surface area contributed by atoms with Gasteiger partial charge in [-0.2, -0.15) is 0 Å². The molecule has 0 saturated carbocycles. The van der Waals surface area contributed by atoms with E-state index in [-0.39, 0.29) is 17.2 Å². The molecule has 0 unspecified atom stereocenters. The summed E-state index contributed by atoms with van der Waals surface area (Å²) in [5, 5.41) is 25.3. The van der Waals surface area contributed by atoms with Crippen LogP contribution in [-0.4, -0.2) is 36.6 Å². The number of carbonyl (C=O) groups excluding carboxylic acids is 1. The summed E-state index contributed by atoms with van der Waals surface area (Å²) in [4.78, 5) is 23.4. The van der Waals surface area contributed by atoms with Gasteiger partial charge in [0.2, 0.25) is 5.16 Å². The lowest BCUT2D eigenvalue weighted by Gasteiger charge is -2.21. The van der Waals surface area contributed by atoms with Crippen LogP contribution in [0, 0.1) is 10.1 Å². The number of amides is 1. The van der Waals surface area contributed by atoms with Crippen LogP contribution < -0.4 is 5.32 Å². The molecule has 0 radical (unpaired) electrons. The minimum atomic E-state index is -0.536. The van der Waals surface area contributed by atoms with E-state index in [1.165, 1.54) is 34.6 Å². The summed E-state index contributed by atoms with van der Waals surface area (Å²) in [7, 11) is 1.67. The third-order valence-electron chi connectivity index (χ3n) is 2.69. The van der Waals surface area contributed by atoms with Gasteiger partial charge in [-0.3, -0.25) is 14.9 Å². The number of aryl methyl sites for hydroxylation is 1. The number of tetrazole rings is 1. The summed E-state index contributed by atoms with van der Waals surface area (Å²) < 4.78 is 1.46. The molecule has 1 aromatic carbocycles. The van der Waals surface area contributed by atoms with Crippen molar-refractivity contribution in [1.82, 2.24) is 25.5 Å². The van der Waals surface area contributed by atoms with E-state index in [9.17, 15) is 14.9 Å². The molecule has 0 atom stereocenters. The highest BCUT2D eigenvalue weighted by atomic mass is 32.2. The predicted molar refractivity (Wildman–Crippen MR) is 83.2 cm³/mol. The maximum atomic E-state index is 12.5. The third kappa shape index (κ3) is 4.25. The van der Waals surface area contributed by atoms with Crippen LogP contribution in [0.5, 0.6) is 0 Å². The smallest absolute Gasteiger partial charge is 0.270 e. The van der Waals surface area contributed by atoms with Gasteiger partial charge in [0, 0.05) is 29.6 Å². The summed E-state index contributed by atoms with van der Waals surface area (Å²) in [5.41, 5.74) is -0.401. The number of nitrogens with one attached hydrogen (secondary N) is 1. The standard InChI is InChI=1S/C13H16N6O3S/c1-13(2,3)14-11(20)9-7-8(19(21)22)5-6-10(9)23-12-15-16-17-18(12)4/h5-7H,1-4H3,(H,14,20). The molecule has 1 N–H and O–H groups in total. The summed E-state index contributed by atoms with van der Waals surface area (Å²) in [5.74, 6) is -0.390. The number of nitrogens with zero attached hydrogens (tertiary/aromatic N) is 5. The largest absolute Gasteiger partial charge is 0.347 e. The average Bonchev–Trinajstić information content (AvgIpc) is 2.82. The topological polar surface area (TPSA) is 116 Å². The second-order valence-corrected chi connectivity index (χ2v) is 6.84. The quantitative estimate of drug-likeness (QED) is 0.668. The average molecular weight is 336 g/mol. The van der Waals surface area contributed by atoms with Crippen LogP contribution in [0.3, 0.4) is 0 Å². The van der Waals surface area contributed by atoms with Crippen LogP contribution in [0.4, 0.5) is 5.69 Å². The van der Waals surface area contributed by atoms with E-state index < -0.39 is 10.5 Å². The molecule has 1 amide bonds. The Balaban J connectivity index is 2.42. The van der Waals surface area contributed by atoms with Gasteiger partial charge >= 0.3 is 0 Å². The van der Waals surface area contributed by atoms with E-state index in [0.29, 0.717) is 10.1 Å². The molecule has 9 nitrogen and oxygen atoms in total. The molecular formula is C13H16N6O3S. The number of hydrogen-bond donors (Lipinski definition) is 1. The Morgan fingerprint density at radius 3 is 2.61 bits per heavy atom. The molecule has 0 aliphatic carbocycles. The number of nitro groups is 1. The van der Waals surface area contributed by atoms with Crippen molar-refractivity contribution in [1.29, 1.82) is 0 Å². The molecular weight excluding hydrogens is 320 g/mol. The van der Waals surface area contributed by atoms with Crippen molar-refractivity contribution in [2.24, 2.45) is 7.05 Å². The lowest BCUT2D eigenvalue weighted by molar-refractivity contribution is -0.384. The number of benzene rings is 1. The second kappa shape index (κ2) is 6.32. The van der Waals surface area contributed by atoms with Crippen molar-refractivity contribution >= 4 is 23.4 Å². The van der Waals surface area contributed by atoms with Crippen LogP contribution in [0.2, 0.25) is 0 Å². The number of nitro benzene ring substituents is 1. The van der Waals surface area contributed by atoms with Crippen molar-refractivity contribution in [2.45, 2.75) is 36.4 Å². The van der Waals surface area contributed by atoms with Gasteiger partial charge in [-0.15, -0.1) is 5.10 Å². The Morgan fingerprint density at radius 2 is 2.09 bits per heavy atom. The molecule has 2 rings (SSSR count). The van der Waals surface area contributed by atoms with E-state index in [2.05, 4.69) is 20.8 Å². The SMILES string of the molecule is Cn1nnnc1Sc1ccc([N+](=O)[O-])cc1C(=O)NC(C)(C)C. The third-order valence-corrected chi connectivity index (χ3v) is 3.79. The fourth-order valence-corrected chi connectivity index (χ4v) is 2.55. The Labute approximate surface area is 136 Å². The Hall–Kier alpha value is -2.49. The van der Waals surface area contributed by atoms with Crippen LogP contribution >= 0.6 is 11.8 Å². The highest BCUT2D eigenvalue weighted by molar-refractivity contribution is 7.99. The van der Waals surface area contributed by atoms with Gasteiger partial charge in [-0.1, -0.05) is 0 Å². The van der Waals surface area contributed by atoms with Crippen LogP contribution in [0.1, 0.15) is 31.1 Å². The molecule has 1 heterocycles. The minimum Gasteiger partial charge on any atom is -0.347 e. The number of carbonyl (C=O) groups is 1. The monoisotopic (exact) mass is 336 g/mol. The highest BCUT2D eigenvalue weighted by Gasteiger charge is 2.22.